The van der Waals surface area contributed by atoms with Gasteiger partial charge in [-0.3, -0.25) is 4.99 Å². The summed E-state index contributed by atoms with van der Waals surface area (Å²) >= 11 is 0. The molecule has 0 saturated heterocycles. The molecule has 4 rings (SSSR count). The second-order valence-corrected chi connectivity index (χ2v) is 8.41. The van der Waals surface area contributed by atoms with Gasteiger partial charge in [-0.1, -0.05) is 78.9 Å². The first-order valence-corrected chi connectivity index (χ1v) is 10.0. The second-order valence-electron chi connectivity index (χ2n) is 8.41. The van der Waals surface area contributed by atoms with Crippen molar-refractivity contribution in [2.24, 2.45) is 4.99 Å². The Morgan fingerprint density at radius 1 is 0.786 bits per heavy atom. The van der Waals surface area contributed by atoms with Crippen molar-refractivity contribution in [3.8, 4) is 0 Å². The van der Waals surface area contributed by atoms with Gasteiger partial charge < -0.3 is 0 Å². The van der Waals surface area contributed by atoms with Gasteiger partial charge in [0, 0.05) is 18.6 Å². The fourth-order valence-electron chi connectivity index (χ4n) is 3.96. The predicted molar refractivity (Wildman–Crippen MR) is 121 cm³/mol. The molecule has 140 valence electrons. The van der Waals surface area contributed by atoms with E-state index < -0.39 is 0 Å². The highest BCUT2D eigenvalue weighted by atomic mass is 14.8. The maximum Gasteiger partial charge on any atom is 0.0520 e. The highest BCUT2D eigenvalue weighted by molar-refractivity contribution is 5.93. The number of fused-ring (bicyclic) bond motifs is 1. The van der Waals surface area contributed by atoms with Crippen LogP contribution in [0.15, 0.2) is 83.9 Å². The predicted octanol–water partition coefficient (Wildman–Crippen LogP) is 6.78. The molecule has 3 aromatic carbocycles. The normalized spacial score (nSPS) is 16.2. The summed E-state index contributed by atoms with van der Waals surface area (Å²) in [7, 11) is 0. The van der Waals surface area contributed by atoms with Gasteiger partial charge in [0.1, 0.15) is 0 Å². The third-order valence-electron chi connectivity index (χ3n) is 5.19. The van der Waals surface area contributed by atoms with Gasteiger partial charge >= 0.3 is 0 Å². The average molecular weight is 366 g/mol. The molecule has 0 saturated carbocycles. The summed E-state index contributed by atoms with van der Waals surface area (Å²) in [5, 5.41) is 0. The van der Waals surface area contributed by atoms with E-state index in [1.54, 1.807) is 0 Å². The van der Waals surface area contributed by atoms with Crippen LogP contribution in [0.1, 0.15) is 54.5 Å². The van der Waals surface area contributed by atoms with E-state index in [-0.39, 0.29) is 11.5 Å². The van der Waals surface area contributed by atoms with Crippen LogP contribution >= 0.6 is 0 Å². The summed E-state index contributed by atoms with van der Waals surface area (Å²) in [6.07, 6.45) is 5.29. The highest BCUT2D eigenvalue weighted by Gasteiger charge is 2.28. The SMILES string of the molecule is CC(C)(C)N=CCc1ccccc1C1C(c2ccccc2)=Cc2ccccc21. The molecule has 0 bridgehead atoms. The zero-order valence-electron chi connectivity index (χ0n) is 16.9. The maximum atomic E-state index is 4.70. The second kappa shape index (κ2) is 7.59. The lowest BCUT2D eigenvalue weighted by Crippen LogP contribution is -2.10. The Labute approximate surface area is 168 Å². The molecule has 1 heteroatoms. The first-order chi connectivity index (χ1) is 13.5. The lowest BCUT2D eigenvalue weighted by molar-refractivity contribution is 0.585. The lowest BCUT2D eigenvalue weighted by atomic mass is 9.82. The van der Waals surface area contributed by atoms with Crippen LogP contribution in [0.2, 0.25) is 0 Å². The molecule has 1 aliphatic rings. The van der Waals surface area contributed by atoms with E-state index in [4.69, 9.17) is 4.99 Å². The van der Waals surface area contributed by atoms with Crippen LogP contribution in [0.25, 0.3) is 11.6 Å². The molecule has 0 aliphatic heterocycles. The minimum atomic E-state index is -0.0377. The van der Waals surface area contributed by atoms with Crippen molar-refractivity contribution in [1.29, 1.82) is 0 Å². The highest BCUT2D eigenvalue weighted by Crippen LogP contribution is 2.46. The van der Waals surface area contributed by atoms with Crippen LogP contribution in [0.4, 0.5) is 0 Å². The number of allylic oxidation sites excluding steroid dienone is 1. The largest absolute Gasteiger partial charge is 0.291 e. The minimum Gasteiger partial charge on any atom is -0.291 e. The van der Waals surface area contributed by atoms with Gasteiger partial charge in [0.25, 0.3) is 0 Å². The molecule has 1 atom stereocenters. The van der Waals surface area contributed by atoms with Gasteiger partial charge in [0.2, 0.25) is 0 Å². The fraction of sp³-hybridized carbons (Fsp3) is 0.222. The molecule has 1 unspecified atom stereocenters. The van der Waals surface area contributed by atoms with E-state index in [1.165, 1.54) is 33.4 Å². The Kier molecular flexibility index (Phi) is 5.00. The minimum absolute atomic E-state index is 0.0377. The standard InChI is InChI=1S/C27H27N/c1-27(2,3)28-18-17-21-13-7-9-15-23(21)26-24-16-10-8-14-22(24)19-25(26)20-11-5-4-6-12-20/h4-16,18-19,26H,17H2,1-3H3. The molecule has 0 heterocycles. The topological polar surface area (TPSA) is 12.4 Å². The molecular weight excluding hydrogens is 338 g/mol. The summed E-state index contributed by atoms with van der Waals surface area (Å²) in [5.74, 6) is 0.262. The van der Waals surface area contributed by atoms with Gasteiger partial charge in [-0.25, -0.2) is 0 Å². The van der Waals surface area contributed by atoms with Crippen molar-refractivity contribution in [2.45, 2.75) is 38.6 Å². The third-order valence-corrected chi connectivity index (χ3v) is 5.19. The molecule has 3 aromatic rings. The van der Waals surface area contributed by atoms with E-state index in [0.29, 0.717) is 0 Å². The Bertz CT molecular complexity index is 1020. The van der Waals surface area contributed by atoms with Crippen molar-refractivity contribution < 1.29 is 0 Å². The zero-order valence-corrected chi connectivity index (χ0v) is 16.9. The number of hydrogen-bond donors (Lipinski definition) is 0. The molecule has 0 spiro atoms. The van der Waals surface area contributed by atoms with Crippen molar-refractivity contribution in [2.75, 3.05) is 0 Å². The Balaban J connectivity index is 1.79. The molecule has 0 radical (unpaired) electrons. The number of nitrogens with zero attached hydrogens (tertiary/aromatic N) is 1. The first-order valence-electron chi connectivity index (χ1n) is 10.0. The lowest BCUT2D eigenvalue weighted by Gasteiger charge is -2.21. The van der Waals surface area contributed by atoms with Crippen molar-refractivity contribution in [3.63, 3.8) is 0 Å². The molecule has 0 aromatic heterocycles. The average Bonchev–Trinajstić information content (AvgIpc) is 3.07. The van der Waals surface area contributed by atoms with Gasteiger partial charge in [-0.05, 0) is 60.2 Å². The van der Waals surface area contributed by atoms with Crippen molar-refractivity contribution in [1.82, 2.24) is 0 Å². The Hall–Kier alpha value is -2.93. The van der Waals surface area contributed by atoms with E-state index in [9.17, 15) is 0 Å². The zero-order chi connectivity index (χ0) is 19.6. The summed E-state index contributed by atoms with van der Waals surface area (Å²) < 4.78 is 0. The summed E-state index contributed by atoms with van der Waals surface area (Å²) in [6, 6.07) is 28.3. The van der Waals surface area contributed by atoms with Crippen LogP contribution in [-0.2, 0) is 6.42 Å². The molecule has 1 aliphatic carbocycles. The van der Waals surface area contributed by atoms with Crippen LogP contribution in [0.5, 0.6) is 0 Å². The summed E-state index contributed by atoms with van der Waals surface area (Å²) in [5.41, 5.74) is 8.07. The summed E-state index contributed by atoms with van der Waals surface area (Å²) in [6.45, 7) is 6.41. The van der Waals surface area contributed by atoms with Gasteiger partial charge in [0.05, 0.1) is 5.54 Å². The number of aliphatic imine (C=N–C) groups is 1. The molecular formula is C27H27N. The first kappa shape index (κ1) is 18.4. The quantitative estimate of drug-likeness (QED) is 0.452. The molecule has 0 fully saturated rings. The van der Waals surface area contributed by atoms with Crippen LogP contribution in [0.3, 0.4) is 0 Å². The molecule has 0 N–H and O–H groups in total. The number of rotatable bonds is 4. The van der Waals surface area contributed by atoms with Gasteiger partial charge in [-0.15, -0.1) is 0 Å². The summed E-state index contributed by atoms with van der Waals surface area (Å²) in [4.78, 5) is 4.70. The van der Waals surface area contributed by atoms with Crippen LogP contribution in [-0.4, -0.2) is 11.8 Å². The van der Waals surface area contributed by atoms with Crippen LogP contribution in [0, 0.1) is 0 Å². The van der Waals surface area contributed by atoms with E-state index in [0.717, 1.165) is 6.42 Å². The fourth-order valence-corrected chi connectivity index (χ4v) is 3.96. The third kappa shape index (κ3) is 3.84. The molecule has 1 nitrogen and oxygen atoms in total. The Morgan fingerprint density at radius 2 is 1.43 bits per heavy atom. The van der Waals surface area contributed by atoms with Crippen molar-refractivity contribution in [3.05, 3.63) is 107 Å². The van der Waals surface area contributed by atoms with E-state index >= 15 is 0 Å². The maximum absolute atomic E-state index is 4.70. The van der Waals surface area contributed by atoms with Crippen molar-refractivity contribution >= 4 is 17.9 Å². The Morgan fingerprint density at radius 3 is 2.18 bits per heavy atom. The van der Waals surface area contributed by atoms with E-state index in [1.807, 2.05) is 0 Å². The van der Waals surface area contributed by atoms with E-state index in [2.05, 4.69) is 112 Å². The molecule has 28 heavy (non-hydrogen) atoms. The number of benzene rings is 3. The molecule has 0 amide bonds. The van der Waals surface area contributed by atoms with Gasteiger partial charge in [-0.2, -0.15) is 0 Å². The number of hydrogen-bond acceptors (Lipinski definition) is 1. The van der Waals surface area contributed by atoms with Gasteiger partial charge in [0.15, 0.2) is 0 Å². The monoisotopic (exact) mass is 365 g/mol. The van der Waals surface area contributed by atoms with Crippen LogP contribution < -0.4 is 0 Å². The smallest absolute Gasteiger partial charge is 0.0520 e.